The lowest BCUT2D eigenvalue weighted by molar-refractivity contribution is 0.364. The fraction of sp³-hybridized carbons (Fsp3) is 0.400. The normalized spacial score (nSPS) is 13.3. The maximum Gasteiger partial charge on any atom is 0.160 e. The van der Waals surface area contributed by atoms with Gasteiger partial charge in [0.05, 0.1) is 14.2 Å². The van der Waals surface area contributed by atoms with Gasteiger partial charge in [0, 0.05) is 0 Å². The van der Waals surface area contributed by atoms with Crippen molar-refractivity contribution < 1.29 is 19.7 Å². The lowest BCUT2D eigenvalue weighted by Crippen LogP contribution is -2.13. The van der Waals surface area contributed by atoms with Gasteiger partial charge in [-0.1, -0.05) is 26.0 Å². The molecular formula is C20H26O4. The minimum Gasteiger partial charge on any atom is -0.504 e. The van der Waals surface area contributed by atoms with Crippen LogP contribution in [-0.2, 0) is 12.8 Å². The average Bonchev–Trinajstić information content (AvgIpc) is 2.58. The molecule has 0 heterocycles. The molecule has 0 aliphatic carbocycles. The highest BCUT2D eigenvalue weighted by molar-refractivity contribution is 5.42. The van der Waals surface area contributed by atoms with Gasteiger partial charge in [-0.05, 0) is 60.1 Å². The number of aromatic hydroxyl groups is 2. The molecule has 130 valence electrons. The number of hydrogen-bond acceptors (Lipinski definition) is 4. The Bertz CT molecular complexity index is 622. The molecule has 4 nitrogen and oxygen atoms in total. The number of benzene rings is 2. The predicted molar refractivity (Wildman–Crippen MR) is 95.1 cm³/mol. The van der Waals surface area contributed by atoms with E-state index in [1.165, 1.54) is 0 Å². The highest BCUT2D eigenvalue weighted by Gasteiger charge is 2.15. The first kappa shape index (κ1) is 18.0. The zero-order valence-corrected chi connectivity index (χ0v) is 14.7. The largest absolute Gasteiger partial charge is 0.504 e. The topological polar surface area (TPSA) is 58.9 Å². The van der Waals surface area contributed by atoms with Crippen molar-refractivity contribution in [3.05, 3.63) is 47.5 Å². The van der Waals surface area contributed by atoms with Crippen LogP contribution in [0.15, 0.2) is 36.4 Å². The van der Waals surface area contributed by atoms with E-state index in [4.69, 9.17) is 9.47 Å². The lowest BCUT2D eigenvalue weighted by atomic mass is 9.85. The minimum atomic E-state index is 0.165. The fourth-order valence-corrected chi connectivity index (χ4v) is 2.84. The standard InChI is InChI=1S/C20H26O4/c1-13(9-15-5-7-17(21)19(11-15)23-3)14(2)10-16-6-8-18(22)20(12-16)24-4/h5-8,11-14,21-22H,9-10H2,1-4H3/t13-,14+. The Balaban J connectivity index is 2.03. The Morgan fingerprint density at radius 1 is 0.750 bits per heavy atom. The number of phenolic OH excluding ortho intramolecular Hbond substituents is 2. The molecule has 2 aromatic rings. The number of ether oxygens (including phenoxy) is 2. The maximum absolute atomic E-state index is 9.69. The van der Waals surface area contributed by atoms with Crippen LogP contribution < -0.4 is 9.47 Å². The second-order valence-corrected chi connectivity index (χ2v) is 6.38. The summed E-state index contributed by atoms with van der Waals surface area (Å²) in [5.74, 6) is 2.26. The minimum absolute atomic E-state index is 0.165. The van der Waals surface area contributed by atoms with E-state index in [-0.39, 0.29) is 11.5 Å². The molecule has 0 fully saturated rings. The van der Waals surface area contributed by atoms with E-state index in [0.717, 1.165) is 24.0 Å². The Morgan fingerprint density at radius 3 is 1.46 bits per heavy atom. The SMILES string of the molecule is COc1cc(C[C@@H](C)[C@@H](C)Cc2ccc(O)c(OC)c2)ccc1O. The number of rotatable bonds is 7. The van der Waals surface area contributed by atoms with Crippen molar-refractivity contribution in [2.75, 3.05) is 14.2 Å². The van der Waals surface area contributed by atoms with Crippen molar-refractivity contribution in [3.8, 4) is 23.0 Å². The van der Waals surface area contributed by atoms with Gasteiger partial charge in [-0.15, -0.1) is 0 Å². The summed E-state index contributed by atoms with van der Waals surface area (Å²) in [7, 11) is 3.12. The van der Waals surface area contributed by atoms with Crippen LogP contribution in [0.5, 0.6) is 23.0 Å². The highest BCUT2D eigenvalue weighted by atomic mass is 16.5. The van der Waals surface area contributed by atoms with Crippen molar-refractivity contribution in [2.24, 2.45) is 11.8 Å². The monoisotopic (exact) mass is 330 g/mol. The molecule has 0 amide bonds. The molecule has 2 atom stereocenters. The first-order valence-corrected chi connectivity index (χ1v) is 8.16. The number of hydrogen-bond donors (Lipinski definition) is 2. The average molecular weight is 330 g/mol. The molecule has 0 radical (unpaired) electrons. The summed E-state index contributed by atoms with van der Waals surface area (Å²) in [6.45, 7) is 4.45. The van der Waals surface area contributed by atoms with Crippen LogP contribution in [0.2, 0.25) is 0 Å². The molecule has 0 aliphatic rings. The van der Waals surface area contributed by atoms with Crippen molar-refractivity contribution in [2.45, 2.75) is 26.7 Å². The molecule has 0 aliphatic heterocycles. The molecule has 2 rings (SSSR count). The molecule has 24 heavy (non-hydrogen) atoms. The van der Waals surface area contributed by atoms with E-state index in [1.54, 1.807) is 26.4 Å². The van der Waals surface area contributed by atoms with Gasteiger partial charge in [-0.25, -0.2) is 0 Å². The summed E-state index contributed by atoms with van der Waals surface area (Å²) in [5, 5.41) is 19.4. The van der Waals surface area contributed by atoms with Gasteiger partial charge in [0.2, 0.25) is 0 Å². The van der Waals surface area contributed by atoms with E-state index in [0.29, 0.717) is 23.3 Å². The first-order chi connectivity index (χ1) is 11.4. The van der Waals surface area contributed by atoms with Crippen molar-refractivity contribution >= 4 is 0 Å². The Labute approximate surface area is 143 Å². The molecule has 4 heteroatoms. The Hall–Kier alpha value is -2.36. The second-order valence-electron chi connectivity index (χ2n) is 6.38. The predicted octanol–water partition coefficient (Wildman–Crippen LogP) is 4.17. The summed E-state index contributed by atoms with van der Waals surface area (Å²) >= 11 is 0. The molecule has 0 unspecified atom stereocenters. The van der Waals surface area contributed by atoms with E-state index >= 15 is 0 Å². The van der Waals surface area contributed by atoms with Gasteiger partial charge < -0.3 is 19.7 Å². The molecule has 0 saturated carbocycles. The molecule has 0 aromatic heterocycles. The summed E-state index contributed by atoms with van der Waals surface area (Å²) < 4.78 is 10.3. The van der Waals surface area contributed by atoms with Gasteiger partial charge in [-0.2, -0.15) is 0 Å². The van der Waals surface area contributed by atoms with E-state index < -0.39 is 0 Å². The summed E-state index contributed by atoms with van der Waals surface area (Å²) in [5.41, 5.74) is 2.29. The van der Waals surface area contributed by atoms with E-state index in [2.05, 4.69) is 13.8 Å². The fourth-order valence-electron chi connectivity index (χ4n) is 2.84. The first-order valence-electron chi connectivity index (χ1n) is 8.16. The summed E-state index contributed by atoms with van der Waals surface area (Å²) in [6, 6.07) is 11.0. The van der Waals surface area contributed by atoms with Crippen LogP contribution in [0, 0.1) is 11.8 Å². The van der Waals surface area contributed by atoms with Gasteiger partial charge in [0.15, 0.2) is 23.0 Å². The molecular weight excluding hydrogens is 304 g/mol. The molecule has 2 aromatic carbocycles. The highest BCUT2D eigenvalue weighted by Crippen LogP contribution is 2.31. The van der Waals surface area contributed by atoms with Crippen LogP contribution in [-0.4, -0.2) is 24.4 Å². The van der Waals surface area contributed by atoms with E-state index in [9.17, 15) is 10.2 Å². The van der Waals surface area contributed by atoms with Gasteiger partial charge >= 0.3 is 0 Å². The third kappa shape index (κ3) is 4.34. The maximum atomic E-state index is 9.69. The van der Waals surface area contributed by atoms with Crippen LogP contribution in [0.1, 0.15) is 25.0 Å². The van der Waals surface area contributed by atoms with E-state index in [1.807, 2.05) is 24.3 Å². The van der Waals surface area contributed by atoms with Gasteiger partial charge in [0.25, 0.3) is 0 Å². The summed E-state index contributed by atoms with van der Waals surface area (Å²) in [4.78, 5) is 0. The van der Waals surface area contributed by atoms with Gasteiger partial charge in [0.1, 0.15) is 0 Å². The van der Waals surface area contributed by atoms with Crippen LogP contribution in [0.25, 0.3) is 0 Å². The lowest BCUT2D eigenvalue weighted by Gasteiger charge is -2.21. The zero-order chi connectivity index (χ0) is 17.7. The Kier molecular flexibility index (Phi) is 5.96. The van der Waals surface area contributed by atoms with Crippen molar-refractivity contribution in [1.82, 2.24) is 0 Å². The molecule has 0 saturated heterocycles. The van der Waals surface area contributed by atoms with Gasteiger partial charge in [-0.3, -0.25) is 0 Å². The van der Waals surface area contributed by atoms with Crippen LogP contribution >= 0.6 is 0 Å². The Morgan fingerprint density at radius 2 is 1.12 bits per heavy atom. The molecule has 0 bridgehead atoms. The summed E-state index contributed by atoms with van der Waals surface area (Å²) in [6.07, 6.45) is 1.82. The quantitative estimate of drug-likeness (QED) is 0.800. The second kappa shape index (κ2) is 7.95. The van der Waals surface area contributed by atoms with Crippen LogP contribution in [0.3, 0.4) is 0 Å². The van der Waals surface area contributed by atoms with Crippen molar-refractivity contribution in [3.63, 3.8) is 0 Å². The third-order valence-corrected chi connectivity index (χ3v) is 4.58. The third-order valence-electron chi connectivity index (χ3n) is 4.58. The number of methoxy groups -OCH3 is 2. The van der Waals surface area contributed by atoms with Crippen molar-refractivity contribution in [1.29, 1.82) is 0 Å². The molecule has 0 spiro atoms. The molecule has 2 N–H and O–H groups in total. The number of phenols is 2. The van der Waals surface area contributed by atoms with Crippen LogP contribution in [0.4, 0.5) is 0 Å². The zero-order valence-electron chi connectivity index (χ0n) is 14.7. The smallest absolute Gasteiger partial charge is 0.160 e.